The molecule has 2 aliphatic heterocycles. The van der Waals surface area contributed by atoms with Crippen LogP contribution >= 0.6 is 12.2 Å². The first-order valence-electron chi connectivity index (χ1n) is 9.66. The second-order valence-corrected chi connectivity index (χ2v) is 7.37. The lowest BCUT2D eigenvalue weighted by atomic mass is 10.0. The fraction of sp³-hybridized carbons (Fsp3) is 0.421. The summed E-state index contributed by atoms with van der Waals surface area (Å²) in [6.07, 6.45) is 3.07. The number of carbonyl (C=O) groups excluding carboxylic acids is 2. The zero-order valence-corrected chi connectivity index (χ0v) is 18.2. The smallest absolute Gasteiger partial charge is 0.270 e. The van der Waals surface area contributed by atoms with Crippen molar-refractivity contribution < 1.29 is 32.2 Å². The highest BCUT2D eigenvalue weighted by atomic mass is 35.5. The van der Waals surface area contributed by atoms with Crippen LogP contribution in [0.2, 0.25) is 0 Å². The van der Waals surface area contributed by atoms with Crippen molar-refractivity contribution in [2.24, 2.45) is 0 Å². The van der Waals surface area contributed by atoms with E-state index in [4.69, 9.17) is 12.2 Å². The number of quaternary nitrogens is 1. The molecule has 1 aromatic rings. The highest BCUT2D eigenvalue weighted by Gasteiger charge is 2.33. The second kappa shape index (κ2) is 10.5. The number of unbranched alkanes of at least 4 members (excludes halogenated alkanes) is 1. The van der Waals surface area contributed by atoms with Crippen molar-refractivity contribution in [3.05, 3.63) is 39.4 Å². The van der Waals surface area contributed by atoms with Gasteiger partial charge in [-0.05, 0) is 30.8 Å². The normalized spacial score (nSPS) is 18.3. The largest absolute Gasteiger partial charge is 1.00 e. The van der Waals surface area contributed by atoms with E-state index >= 15 is 0 Å². The van der Waals surface area contributed by atoms with Crippen LogP contribution in [0.15, 0.2) is 23.8 Å². The lowest BCUT2D eigenvalue weighted by molar-refractivity contribution is -0.655. The maximum atomic E-state index is 12.9. The summed E-state index contributed by atoms with van der Waals surface area (Å²) in [7, 11) is 0. The minimum absolute atomic E-state index is 0. The van der Waals surface area contributed by atoms with E-state index in [-0.39, 0.29) is 28.8 Å². The molecular weight excluding hydrogens is 430 g/mol. The minimum atomic E-state index is -0.586. The molecule has 9 nitrogen and oxygen atoms in total. The number of nitrogens with one attached hydrogen (secondary N) is 1. The molecule has 2 fully saturated rings. The maximum Gasteiger partial charge on any atom is 0.270 e. The molecule has 2 saturated heterocycles. The number of benzene rings is 1. The van der Waals surface area contributed by atoms with Gasteiger partial charge in [-0.25, -0.2) is 0 Å². The Morgan fingerprint density at radius 2 is 2.00 bits per heavy atom. The van der Waals surface area contributed by atoms with Gasteiger partial charge >= 0.3 is 0 Å². The summed E-state index contributed by atoms with van der Waals surface area (Å²) in [5, 5.41) is 16.1. The number of nitro benzene ring substituents is 1. The Morgan fingerprint density at radius 3 is 2.63 bits per heavy atom. The van der Waals surface area contributed by atoms with Gasteiger partial charge in [-0.15, -0.1) is 0 Å². The predicted molar refractivity (Wildman–Crippen MR) is 112 cm³/mol. The number of amides is 2. The van der Waals surface area contributed by atoms with Gasteiger partial charge in [-0.1, -0.05) is 13.3 Å². The van der Waals surface area contributed by atoms with Crippen molar-refractivity contribution in [3.8, 4) is 0 Å². The Kier molecular flexibility index (Phi) is 8.27. The first-order chi connectivity index (χ1) is 13.9. The first kappa shape index (κ1) is 23.7. The third-order valence-corrected chi connectivity index (χ3v) is 5.31. The van der Waals surface area contributed by atoms with Gasteiger partial charge in [0, 0.05) is 29.9 Å². The van der Waals surface area contributed by atoms with E-state index in [0.29, 0.717) is 12.1 Å². The van der Waals surface area contributed by atoms with Crippen molar-refractivity contribution >= 4 is 46.6 Å². The van der Waals surface area contributed by atoms with Gasteiger partial charge in [-0.3, -0.25) is 29.9 Å². The zero-order chi connectivity index (χ0) is 21.0. The molecule has 0 aliphatic carbocycles. The van der Waals surface area contributed by atoms with Gasteiger partial charge in [0.25, 0.3) is 17.5 Å². The average Bonchev–Trinajstić information content (AvgIpc) is 2.71. The number of carbonyl (C=O) groups is 2. The van der Waals surface area contributed by atoms with E-state index in [9.17, 15) is 19.7 Å². The van der Waals surface area contributed by atoms with Crippen LogP contribution in [0.5, 0.6) is 0 Å². The number of halogens is 1. The average molecular weight is 454 g/mol. The molecule has 3 N–H and O–H groups in total. The summed E-state index contributed by atoms with van der Waals surface area (Å²) in [6, 6.07) is 4.53. The standard InChI is InChI=1S/C19H23N5O4S.ClH/c1-2-3-8-23-18(26)15(17(25)21-19(23)29)12-13-11-14(24(27)28)4-5-16(13)22-9-6-20-7-10-22;/h4-5,11-12,20H,2-3,6-10H2,1H3,(H,21,25,29);1H/b15-12-;. The molecule has 11 heteroatoms. The van der Waals surface area contributed by atoms with Crippen molar-refractivity contribution in [3.63, 3.8) is 0 Å². The third-order valence-electron chi connectivity index (χ3n) is 4.99. The Balaban J connectivity index is 0.00000320. The first-order valence-corrected chi connectivity index (χ1v) is 10.1. The summed E-state index contributed by atoms with van der Waals surface area (Å²) < 4.78 is 0. The van der Waals surface area contributed by atoms with E-state index in [1.807, 2.05) is 6.92 Å². The van der Waals surface area contributed by atoms with Gasteiger partial charge < -0.3 is 22.6 Å². The fourth-order valence-electron chi connectivity index (χ4n) is 3.42. The second-order valence-electron chi connectivity index (χ2n) is 6.98. The number of piperazine rings is 1. The van der Waals surface area contributed by atoms with Gasteiger partial charge in [0.05, 0.1) is 31.1 Å². The van der Waals surface area contributed by atoms with E-state index in [1.165, 1.54) is 23.1 Å². The molecule has 0 unspecified atom stereocenters. The van der Waals surface area contributed by atoms with Crippen LogP contribution in [0.3, 0.4) is 0 Å². The Bertz CT molecular complexity index is 886. The number of hydrogen-bond donors (Lipinski definition) is 2. The number of hydrogen-bond acceptors (Lipinski definition) is 6. The molecule has 162 valence electrons. The number of nitrogens with zero attached hydrogens (tertiary/aromatic N) is 3. The number of thiocarbonyl (C=S) groups is 1. The Hall–Kier alpha value is -2.56. The topological polar surface area (TPSA) is 112 Å². The zero-order valence-electron chi connectivity index (χ0n) is 16.6. The number of non-ortho nitro benzene ring substituents is 1. The Morgan fingerprint density at radius 1 is 1.30 bits per heavy atom. The van der Waals surface area contributed by atoms with Crippen LogP contribution in [0.1, 0.15) is 25.3 Å². The van der Waals surface area contributed by atoms with Gasteiger partial charge in [0.2, 0.25) is 0 Å². The molecule has 2 aliphatic rings. The number of rotatable bonds is 6. The molecule has 2 heterocycles. The van der Waals surface area contributed by atoms with Crippen molar-refractivity contribution in [2.45, 2.75) is 19.8 Å². The van der Waals surface area contributed by atoms with E-state index < -0.39 is 16.7 Å². The van der Waals surface area contributed by atoms with E-state index in [2.05, 4.69) is 15.5 Å². The van der Waals surface area contributed by atoms with Crippen LogP contribution in [-0.4, -0.2) is 59.5 Å². The van der Waals surface area contributed by atoms with Crippen LogP contribution in [-0.2, 0) is 9.59 Å². The number of anilines is 1. The molecule has 0 saturated carbocycles. The van der Waals surface area contributed by atoms with E-state index in [0.717, 1.165) is 44.7 Å². The molecular formula is C19H24ClN5O4S. The lowest BCUT2D eigenvalue weighted by Gasteiger charge is -2.30. The monoisotopic (exact) mass is 453 g/mol. The van der Waals surface area contributed by atoms with Crippen molar-refractivity contribution in [1.82, 2.24) is 10.2 Å². The highest BCUT2D eigenvalue weighted by molar-refractivity contribution is 7.80. The van der Waals surface area contributed by atoms with Crippen LogP contribution in [0.4, 0.5) is 11.4 Å². The highest BCUT2D eigenvalue weighted by Crippen LogP contribution is 2.28. The summed E-state index contributed by atoms with van der Waals surface area (Å²) in [5.41, 5.74) is 1.08. The summed E-state index contributed by atoms with van der Waals surface area (Å²) in [5.74, 6) is -1.06. The molecule has 30 heavy (non-hydrogen) atoms. The SMILES string of the molecule is CCCCN1C(=O)/C(=C\c2cc([N+](=O)[O-])ccc2N2CC[NH2+]CC2)C(=O)NC1=S.[Cl-]. The quantitative estimate of drug-likeness (QED) is 0.161. The minimum Gasteiger partial charge on any atom is -1.00 e. The molecule has 1 aromatic carbocycles. The summed E-state index contributed by atoms with van der Waals surface area (Å²) >= 11 is 5.14. The molecule has 0 aromatic heterocycles. The maximum absolute atomic E-state index is 12.9. The number of nitrogens with two attached hydrogens (primary N) is 1. The molecule has 0 radical (unpaired) electrons. The fourth-order valence-corrected chi connectivity index (χ4v) is 3.69. The molecule has 3 rings (SSSR count). The predicted octanol–water partition coefficient (Wildman–Crippen LogP) is -2.59. The lowest BCUT2D eigenvalue weighted by Crippen LogP contribution is -3.00. The van der Waals surface area contributed by atoms with Crippen LogP contribution in [0, 0.1) is 10.1 Å². The molecule has 0 atom stereocenters. The molecule has 2 amide bonds. The Labute approximate surface area is 186 Å². The third kappa shape index (κ3) is 5.13. The van der Waals surface area contributed by atoms with Crippen LogP contribution < -0.4 is 27.9 Å². The molecule has 0 spiro atoms. The summed E-state index contributed by atoms with van der Waals surface area (Å²) in [6.45, 7) is 5.78. The van der Waals surface area contributed by atoms with Gasteiger partial charge in [0.15, 0.2) is 5.11 Å². The number of nitro groups is 1. The van der Waals surface area contributed by atoms with Gasteiger partial charge in [-0.2, -0.15) is 0 Å². The molecule has 0 bridgehead atoms. The van der Waals surface area contributed by atoms with Crippen molar-refractivity contribution in [1.29, 1.82) is 0 Å². The van der Waals surface area contributed by atoms with Gasteiger partial charge in [0.1, 0.15) is 5.57 Å². The van der Waals surface area contributed by atoms with Crippen LogP contribution in [0.25, 0.3) is 6.08 Å². The summed E-state index contributed by atoms with van der Waals surface area (Å²) in [4.78, 5) is 39.7. The van der Waals surface area contributed by atoms with E-state index in [1.54, 1.807) is 6.07 Å². The van der Waals surface area contributed by atoms with Crippen molar-refractivity contribution in [2.75, 3.05) is 37.6 Å².